The van der Waals surface area contributed by atoms with Gasteiger partial charge in [-0.25, -0.2) is 0 Å². The minimum atomic E-state index is 0.691. The molecule has 2 fully saturated rings. The van der Waals surface area contributed by atoms with E-state index in [-0.39, 0.29) is 0 Å². The van der Waals surface area contributed by atoms with Crippen molar-refractivity contribution < 1.29 is 0 Å². The maximum absolute atomic E-state index is 2.71. The first kappa shape index (κ1) is 12.0. The molecule has 1 heterocycles. The Morgan fingerprint density at radius 1 is 1.31 bits per heavy atom. The second kappa shape index (κ2) is 5.22. The smallest absolute Gasteiger partial charge is 0.0384 e. The zero-order valence-corrected chi connectivity index (χ0v) is 11.1. The second-order valence-electron chi connectivity index (χ2n) is 5.50. The Morgan fingerprint density at radius 2 is 2.06 bits per heavy atom. The van der Waals surface area contributed by atoms with Gasteiger partial charge in [0.1, 0.15) is 0 Å². The monoisotopic (exact) mass is 222 g/mol. The van der Waals surface area contributed by atoms with Crippen LogP contribution < -0.4 is 0 Å². The lowest BCUT2D eigenvalue weighted by molar-refractivity contribution is 0.0507. The Balaban J connectivity index is 1.87. The van der Waals surface area contributed by atoms with Crippen molar-refractivity contribution in [2.75, 3.05) is 19.6 Å². The van der Waals surface area contributed by atoms with Crippen molar-refractivity contribution in [2.45, 2.75) is 58.5 Å². The molecule has 0 aromatic rings. The highest BCUT2D eigenvalue weighted by Gasteiger charge is 2.30. The molecule has 1 atom stereocenters. The first-order chi connectivity index (χ1) is 7.70. The average Bonchev–Trinajstić information content (AvgIpc) is 2.19. The molecule has 92 valence electrons. The Bertz CT molecular complexity index is 255. The van der Waals surface area contributed by atoms with Crippen LogP contribution in [0.15, 0.2) is 11.8 Å². The maximum Gasteiger partial charge on any atom is 0.0384 e. The van der Waals surface area contributed by atoms with Crippen molar-refractivity contribution in [3.8, 4) is 0 Å². The molecule has 2 nitrogen and oxygen atoms in total. The van der Waals surface area contributed by atoms with Crippen LogP contribution in [-0.4, -0.2) is 41.5 Å². The lowest BCUT2D eigenvalue weighted by Crippen LogP contribution is -2.54. The van der Waals surface area contributed by atoms with Crippen molar-refractivity contribution in [2.24, 2.45) is 0 Å². The van der Waals surface area contributed by atoms with E-state index in [2.05, 4.69) is 36.8 Å². The number of hydrogen-bond acceptors (Lipinski definition) is 2. The first-order valence-corrected chi connectivity index (χ1v) is 6.87. The summed E-state index contributed by atoms with van der Waals surface area (Å²) in [5.41, 5.74) is 1.50. The number of allylic oxidation sites excluding steroid dienone is 1. The highest BCUT2D eigenvalue weighted by Crippen LogP contribution is 2.27. The molecule has 0 bridgehead atoms. The van der Waals surface area contributed by atoms with Gasteiger partial charge in [-0.05, 0) is 39.3 Å². The normalized spacial score (nSPS) is 29.3. The zero-order chi connectivity index (χ0) is 11.5. The molecule has 1 aliphatic carbocycles. The summed E-state index contributed by atoms with van der Waals surface area (Å²) >= 11 is 0. The fourth-order valence-electron chi connectivity index (χ4n) is 2.65. The molecule has 2 aliphatic rings. The number of rotatable bonds is 3. The third-order valence-electron chi connectivity index (χ3n) is 4.25. The molecule has 2 heteroatoms. The highest BCUT2D eigenvalue weighted by molar-refractivity contribution is 5.00. The molecular weight excluding hydrogens is 196 g/mol. The lowest BCUT2D eigenvalue weighted by atomic mass is 9.90. The molecule has 0 spiro atoms. The first-order valence-electron chi connectivity index (χ1n) is 6.87. The van der Waals surface area contributed by atoms with Crippen LogP contribution in [0.2, 0.25) is 0 Å². The van der Waals surface area contributed by atoms with E-state index in [1.54, 1.807) is 0 Å². The van der Waals surface area contributed by atoms with Crippen LogP contribution >= 0.6 is 0 Å². The Kier molecular flexibility index (Phi) is 3.91. The van der Waals surface area contributed by atoms with E-state index in [1.165, 1.54) is 50.9 Å². The minimum absolute atomic E-state index is 0.691. The third-order valence-corrected chi connectivity index (χ3v) is 4.25. The van der Waals surface area contributed by atoms with E-state index in [4.69, 9.17) is 0 Å². The SMILES string of the molecule is CC/C(C)=C/N1CCN(C2CCC2)CC1C. The number of nitrogens with zero attached hydrogens (tertiary/aromatic N) is 2. The molecule has 1 aliphatic heterocycles. The van der Waals surface area contributed by atoms with Crippen LogP contribution in [0.1, 0.15) is 46.5 Å². The molecule has 0 radical (unpaired) electrons. The zero-order valence-electron chi connectivity index (χ0n) is 11.1. The van der Waals surface area contributed by atoms with Gasteiger partial charge in [0.25, 0.3) is 0 Å². The average molecular weight is 222 g/mol. The van der Waals surface area contributed by atoms with Gasteiger partial charge >= 0.3 is 0 Å². The Morgan fingerprint density at radius 3 is 2.56 bits per heavy atom. The molecule has 1 saturated carbocycles. The predicted octanol–water partition coefficient (Wildman–Crippen LogP) is 2.86. The molecule has 0 N–H and O–H groups in total. The van der Waals surface area contributed by atoms with Gasteiger partial charge in [-0.2, -0.15) is 0 Å². The summed E-state index contributed by atoms with van der Waals surface area (Å²) in [5, 5.41) is 0. The van der Waals surface area contributed by atoms with Crippen LogP contribution in [0.25, 0.3) is 0 Å². The van der Waals surface area contributed by atoms with E-state index in [0.29, 0.717) is 6.04 Å². The van der Waals surface area contributed by atoms with E-state index in [0.717, 1.165) is 6.04 Å². The summed E-state index contributed by atoms with van der Waals surface area (Å²) in [6, 6.07) is 1.61. The van der Waals surface area contributed by atoms with Gasteiger partial charge in [-0.15, -0.1) is 0 Å². The van der Waals surface area contributed by atoms with Crippen LogP contribution in [0.3, 0.4) is 0 Å². The Hall–Kier alpha value is -0.500. The fourth-order valence-corrected chi connectivity index (χ4v) is 2.65. The van der Waals surface area contributed by atoms with E-state index >= 15 is 0 Å². The van der Waals surface area contributed by atoms with Gasteiger partial charge in [0.15, 0.2) is 0 Å². The summed E-state index contributed by atoms with van der Waals surface area (Å²) in [4.78, 5) is 5.24. The molecule has 0 aromatic heterocycles. The largest absolute Gasteiger partial charge is 0.372 e. The molecule has 1 saturated heterocycles. The standard InChI is InChI=1S/C14H26N2/c1-4-12(2)10-15-8-9-16(11-13(15)3)14-6-5-7-14/h10,13-14H,4-9,11H2,1-3H3/b12-10+. The summed E-state index contributed by atoms with van der Waals surface area (Å²) in [6.07, 6.45) is 7.89. The second-order valence-corrected chi connectivity index (χ2v) is 5.50. The quantitative estimate of drug-likeness (QED) is 0.724. The molecular formula is C14H26N2. The topological polar surface area (TPSA) is 6.48 Å². The molecule has 16 heavy (non-hydrogen) atoms. The van der Waals surface area contributed by atoms with Crippen LogP contribution in [0, 0.1) is 0 Å². The number of hydrogen-bond donors (Lipinski definition) is 0. The van der Waals surface area contributed by atoms with Crippen molar-refractivity contribution in [3.05, 3.63) is 11.8 Å². The van der Waals surface area contributed by atoms with Crippen molar-refractivity contribution in [3.63, 3.8) is 0 Å². The third kappa shape index (κ3) is 2.60. The van der Waals surface area contributed by atoms with Gasteiger partial charge in [-0.3, -0.25) is 4.90 Å². The van der Waals surface area contributed by atoms with E-state index in [9.17, 15) is 0 Å². The summed E-state index contributed by atoms with van der Waals surface area (Å²) in [5.74, 6) is 0. The van der Waals surface area contributed by atoms with Crippen LogP contribution in [-0.2, 0) is 0 Å². The summed E-state index contributed by atoms with van der Waals surface area (Å²) in [6.45, 7) is 10.6. The maximum atomic E-state index is 2.71. The van der Waals surface area contributed by atoms with Crippen molar-refractivity contribution in [1.29, 1.82) is 0 Å². The van der Waals surface area contributed by atoms with Crippen LogP contribution in [0.5, 0.6) is 0 Å². The Labute approximate surface area is 100 Å². The molecule has 0 aromatic carbocycles. The molecule has 2 rings (SSSR count). The van der Waals surface area contributed by atoms with Gasteiger partial charge in [-0.1, -0.05) is 18.9 Å². The lowest BCUT2D eigenvalue weighted by Gasteiger charge is -2.46. The van der Waals surface area contributed by atoms with Gasteiger partial charge in [0.05, 0.1) is 0 Å². The minimum Gasteiger partial charge on any atom is -0.372 e. The predicted molar refractivity (Wildman–Crippen MR) is 69.4 cm³/mol. The van der Waals surface area contributed by atoms with Gasteiger partial charge < -0.3 is 4.90 Å². The fraction of sp³-hybridized carbons (Fsp3) is 0.857. The van der Waals surface area contributed by atoms with E-state index < -0.39 is 0 Å². The summed E-state index contributed by atoms with van der Waals surface area (Å²) in [7, 11) is 0. The van der Waals surface area contributed by atoms with Gasteiger partial charge in [0, 0.05) is 31.7 Å². The highest BCUT2D eigenvalue weighted by atomic mass is 15.3. The van der Waals surface area contributed by atoms with Crippen molar-refractivity contribution >= 4 is 0 Å². The van der Waals surface area contributed by atoms with E-state index in [1.807, 2.05) is 0 Å². The van der Waals surface area contributed by atoms with Crippen LogP contribution in [0.4, 0.5) is 0 Å². The van der Waals surface area contributed by atoms with Gasteiger partial charge in [0.2, 0.25) is 0 Å². The molecule has 1 unspecified atom stereocenters. The molecule has 0 amide bonds. The number of piperazine rings is 1. The summed E-state index contributed by atoms with van der Waals surface area (Å²) < 4.78 is 0. The van der Waals surface area contributed by atoms with Crippen molar-refractivity contribution in [1.82, 2.24) is 9.80 Å².